The van der Waals surface area contributed by atoms with Crippen molar-refractivity contribution in [2.45, 2.75) is 26.2 Å². The van der Waals surface area contributed by atoms with Gasteiger partial charge in [0.05, 0.1) is 0 Å². The number of hydrogen-bond donors (Lipinski definition) is 1. The molecular weight excluding hydrogens is 155 g/mol. The van der Waals surface area contributed by atoms with E-state index in [2.05, 4.69) is 0 Å². The Labute approximate surface area is 71.9 Å². The lowest BCUT2D eigenvalue weighted by atomic mass is 9.87. The van der Waals surface area contributed by atoms with Crippen LogP contribution in [-0.4, -0.2) is 5.11 Å². The molecule has 0 saturated carbocycles. The summed E-state index contributed by atoms with van der Waals surface area (Å²) in [7, 11) is 0. The maximum Gasteiger partial charge on any atom is 0.164 e. The number of phenolic OH excluding ortho intramolecular Hbond substituents is 1. The number of hydrogen-bond acceptors (Lipinski definition) is 1. The molecule has 1 N–H and O–H groups in total. The summed E-state index contributed by atoms with van der Waals surface area (Å²) in [5, 5.41) is 9.09. The van der Waals surface area contributed by atoms with Gasteiger partial charge in [0.25, 0.3) is 0 Å². The second-order valence-corrected chi connectivity index (χ2v) is 3.92. The fraction of sp³-hybridized carbons (Fsp3) is 0.400. The van der Waals surface area contributed by atoms with E-state index in [4.69, 9.17) is 5.11 Å². The first-order valence-corrected chi connectivity index (χ1v) is 3.90. The third kappa shape index (κ3) is 1.76. The molecule has 0 heterocycles. The van der Waals surface area contributed by atoms with Gasteiger partial charge in [-0.1, -0.05) is 26.8 Å². The van der Waals surface area contributed by atoms with E-state index in [0.29, 0.717) is 0 Å². The zero-order valence-corrected chi connectivity index (χ0v) is 7.56. The van der Waals surface area contributed by atoms with Crippen molar-refractivity contribution < 1.29 is 9.50 Å². The number of rotatable bonds is 0. The third-order valence-corrected chi connectivity index (χ3v) is 1.81. The minimum absolute atomic E-state index is 0.0504. The minimum Gasteiger partial charge on any atom is -0.505 e. The van der Waals surface area contributed by atoms with Crippen molar-refractivity contribution >= 4 is 0 Å². The van der Waals surface area contributed by atoms with Crippen molar-refractivity contribution in [2.24, 2.45) is 0 Å². The summed E-state index contributed by atoms with van der Waals surface area (Å²) in [5.74, 6) is -0.842. The van der Waals surface area contributed by atoms with Crippen LogP contribution in [0.4, 0.5) is 4.39 Å². The molecule has 2 heteroatoms. The second-order valence-electron chi connectivity index (χ2n) is 3.92. The standard InChI is InChI=1S/C10H13FO/c1-10(2,3)7-4-5-8(11)9(12)6-7/h4-6,12H,1-3H3. The van der Waals surface area contributed by atoms with Crippen LogP contribution >= 0.6 is 0 Å². The van der Waals surface area contributed by atoms with Crippen LogP contribution in [0.1, 0.15) is 26.3 Å². The highest BCUT2D eigenvalue weighted by atomic mass is 19.1. The molecule has 1 aromatic carbocycles. The molecule has 12 heavy (non-hydrogen) atoms. The van der Waals surface area contributed by atoms with Gasteiger partial charge in [-0.2, -0.15) is 0 Å². The van der Waals surface area contributed by atoms with Crippen LogP contribution in [0.25, 0.3) is 0 Å². The highest BCUT2D eigenvalue weighted by Gasteiger charge is 2.14. The molecule has 1 rings (SSSR count). The largest absolute Gasteiger partial charge is 0.505 e. The van der Waals surface area contributed by atoms with Crippen LogP contribution in [0.15, 0.2) is 18.2 Å². The van der Waals surface area contributed by atoms with Gasteiger partial charge in [0.15, 0.2) is 11.6 Å². The summed E-state index contributed by atoms with van der Waals surface area (Å²) in [4.78, 5) is 0. The topological polar surface area (TPSA) is 20.2 Å². The molecule has 0 unspecified atom stereocenters. The Bertz CT molecular complexity index is 286. The van der Waals surface area contributed by atoms with E-state index in [1.54, 1.807) is 6.07 Å². The molecule has 0 aliphatic rings. The molecule has 0 saturated heterocycles. The Hall–Kier alpha value is -1.05. The zero-order valence-electron chi connectivity index (χ0n) is 7.56. The van der Waals surface area contributed by atoms with Gasteiger partial charge in [0.2, 0.25) is 0 Å². The van der Waals surface area contributed by atoms with E-state index in [-0.39, 0.29) is 11.2 Å². The van der Waals surface area contributed by atoms with Gasteiger partial charge in [0.1, 0.15) is 0 Å². The minimum atomic E-state index is -0.567. The number of aromatic hydroxyl groups is 1. The SMILES string of the molecule is CC(C)(C)c1ccc(F)c(O)c1. The molecule has 0 aromatic heterocycles. The first-order valence-electron chi connectivity index (χ1n) is 3.90. The quantitative estimate of drug-likeness (QED) is 0.631. The fourth-order valence-electron chi connectivity index (χ4n) is 0.979. The van der Waals surface area contributed by atoms with Gasteiger partial charge in [-0.3, -0.25) is 0 Å². The first kappa shape index (κ1) is 9.04. The van der Waals surface area contributed by atoms with Crippen molar-refractivity contribution in [3.05, 3.63) is 29.6 Å². The number of phenols is 1. The van der Waals surface area contributed by atoms with Crippen molar-refractivity contribution in [3.63, 3.8) is 0 Å². The van der Waals surface area contributed by atoms with Gasteiger partial charge in [-0.25, -0.2) is 4.39 Å². The van der Waals surface area contributed by atoms with Gasteiger partial charge in [0, 0.05) is 0 Å². The molecule has 0 atom stereocenters. The normalized spacial score (nSPS) is 11.7. The second kappa shape index (κ2) is 2.77. The van der Waals surface area contributed by atoms with E-state index in [1.165, 1.54) is 12.1 Å². The van der Waals surface area contributed by atoms with Crippen molar-refractivity contribution in [1.29, 1.82) is 0 Å². The average molecular weight is 168 g/mol. The summed E-state index contributed by atoms with van der Waals surface area (Å²) < 4.78 is 12.6. The van der Waals surface area contributed by atoms with Crippen LogP contribution in [0.2, 0.25) is 0 Å². The van der Waals surface area contributed by atoms with E-state index >= 15 is 0 Å². The monoisotopic (exact) mass is 168 g/mol. The molecule has 0 amide bonds. The summed E-state index contributed by atoms with van der Waals surface area (Å²) in [6.45, 7) is 6.04. The third-order valence-electron chi connectivity index (χ3n) is 1.81. The fourth-order valence-corrected chi connectivity index (χ4v) is 0.979. The van der Waals surface area contributed by atoms with Crippen LogP contribution in [-0.2, 0) is 5.41 Å². The summed E-state index contributed by atoms with van der Waals surface area (Å²) in [5.41, 5.74) is 0.881. The van der Waals surface area contributed by atoms with Crippen LogP contribution in [0.3, 0.4) is 0 Å². The summed E-state index contributed by atoms with van der Waals surface area (Å²) >= 11 is 0. The Morgan fingerprint density at radius 1 is 1.25 bits per heavy atom. The first-order chi connectivity index (χ1) is 5.41. The average Bonchev–Trinajstić information content (AvgIpc) is 1.92. The van der Waals surface area contributed by atoms with Crippen molar-refractivity contribution in [1.82, 2.24) is 0 Å². The van der Waals surface area contributed by atoms with Gasteiger partial charge >= 0.3 is 0 Å². The summed E-state index contributed by atoms with van der Waals surface area (Å²) in [6, 6.07) is 4.44. The number of benzene rings is 1. The van der Waals surface area contributed by atoms with Crippen molar-refractivity contribution in [2.75, 3.05) is 0 Å². The van der Waals surface area contributed by atoms with E-state index in [1.807, 2.05) is 20.8 Å². The lowest BCUT2D eigenvalue weighted by molar-refractivity contribution is 0.429. The van der Waals surface area contributed by atoms with E-state index in [9.17, 15) is 4.39 Å². The van der Waals surface area contributed by atoms with E-state index < -0.39 is 5.82 Å². The van der Waals surface area contributed by atoms with Gasteiger partial charge in [-0.05, 0) is 23.1 Å². The molecule has 0 aliphatic heterocycles. The lowest BCUT2D eigenvalue weighted by Gasteiger charge is -2.18. The molecule has 1 nitrogen and oxygen atoms in total. The Kier molecular flexibility index (Phi) is 2.09. The van der Waals surface area contributed by atoms with Gasteiger partial charge in [-0.15, -0.1) is 0 Å². The highest BCUT2D eigenvalue weighted by Crippen LogP contribution is 2.26. The Morgan fingerprint density at radius 3 is 2.25 bits per heavy atom. The zero-order chi connectivity index (χ0) is 9.35. The maximum absolute atomic E-state index is 12.6. The van der Waals surface area contributed by atoms with Gasteiger partial charge < -0.3 is 5.11 Å². The van der Waals surface area contributed by atoms with Crippen LogP contribution in [0, 0.1) is 5.82 Å². The van der Waals surface area contributed by atoms with Crippen LogP contribution in [0.5, 0.6) is 5.75 Å². The molecule has 0 fully saturated rings. The highest BCUT2D eigenvalue weighted by molar-refractivity contribution is 5.32. The molecule has 1 aromatic rings. The molecular formula is C10H13FO. The van der Waals surface area contributed by atoms with Crippen molar-refractivity contribution in [3.8, 4) is 5.75 Å². The molecule has 0 aliphatic carbocycles. The molecule has 66 valence electrons. The Balaban J connectivity index is 3.14. The predicted octanol–water partition coefficient (Wildman–Crippen LogP) is 2.83. The van der Waals surface area contributed by atoms with E-state index in [0.717, 1.165) is 5.56 Å². The molecule has 0 bridgehead atoms. The predicted molar refractivity (Wildman–Crippen MR) is 46.8 cm³/mol. The Morgan fingerprint density at radius 2 is 1.83 bits per heavy atom. The van der Waals surface area contributed by atoms with Crippen LogP contribution < -0.4 is 0 Å². The lowest BCUT2D eigenvalue weighted by Crippen LogP contribution is -2.10. The molecule has 0 radical (unpaired) electrons. The molecule has 0 spiro atoms. The smallest absolute Gasteiger partial charge is 0.164 e. The number of halogens is 1. The maximum atomic E-state index is 12.6. The summed E-state index contributed by atoms with van der Waals surface area (Å²) in [6.07, 6.45) is 0.